The molecule has 24 heavy (non-hydrogen) atoms. The van der Waals surface area contributed by atoms with Gasteiger partial charge in [-0.3, -0.25) is 4.79 Å². The Morgan fingerprint density at radius 1 is 0.958 bits per heavy atom. The van der Waals surface area contributed by atoms with Crippen LogP contribution in [0.1, 0.15) is 5.56 Å². The lowest BCUT2D eigenvalue weighted by Gasteiger charge is -2.06. The first-order valence-corrected chi connectivity index (χ1v) is 7.23. The summed E-state index contributed by atoms with van der Waals surface area (Å²) in [4.78, 5) is 19.1. The van der Waals surface area contributed by atoms with E-state index in [-0.39, 0.29) is 24.2 Å². The fraction of sp³-hybridized carbons (Fsp3) is 0.0556. The first-order chi connectivity index (χ1) is 11.6. The Balaban J connectivity index is 1.69. The van der Waals surface area contributed by atoms with Gasteiger partial charge in [-0.1, -0.05) is 24.3 Å². The third-order valence-electron chi connectivity index (χ3n) is 3.32. The van der Waals surface area contributed by atoms with Gasteiger partial charge in [0.25, 0.3) is 0 Å². The average molecular weight is 323 g/mol. The molecule has 0 saturated heterocycles. The highest BCUT2D eigenvalue weighted by atomic mass is 19.1. The number of rotatable bonds is 5. The van der Waals surface area contributed by atoms with Crippen LogP contribution in [0.3, 0.4) is 0 Å². The summed E-state index contributed by atoms with van der Waals surface area (Å²) in [7, 11) is 0. The Kier molecular flexibility index (Phi) is 4.47. The fourth-order valence-electron chi connectivity index (χ4n) is 2.14. The minimum absolute atomic E-state index is 0.184. The molecule has 0 saturated carbocycles. The maximum Gasteiger partial charge on any atom is 0.321 e. The van der Waals surface area contributed by atoms with Gasteiger partial charge in [0.1, 0.15) is 11.6 Å². The Labute approximate surface area is 137 Å². The van der Waals surface area contributed by atoms with Crippen LogP contribution in [-0.4, -0.2) is 15.9 Å². The van der Waals surface area contributed by atoms with E-state index in [1.54, 1.807) is 48.8 Å². The van der Waals surface area contributed by atoms with Crippen molar-refractivity contribution in [2.24, 2.45) is 5.73 Å². The largest absolute Gasteiger partial charge is 0.424 e. The highest BCUT2D eigenvalue weighted by Gasteiger charge is 2.04. The maximum atomic E-state index is 12.9. The van der Waals surface area contributed by atoms with E-state index < -0.39 is 0 Å². The van der Waals surface area contributed by atoms with Crippen molar-refractivity contribution in [1.82, 2.24) is 9.97 Å². The first kappa shape index (κ1) is 15.6. The minimum Gasteiger partial charge on any atom is -0.424 e. The van der Waals surface area contributed by atoms with Gasteiger partial charge in [0.2, 0.25) is 5.91 Å². The highest BCUT2D eigenvalue weighted by molar-refractivity contribution is 5.76. The Morgan fingerprint density at radius 3 is 2.17 bits per heavy atom. The summed E-state index contributed by atoms with van der Waals surface area (Å²) in [6, 6.07) is 13.2. The molecule has 0 fully saturated rings. The van der Waals surface area contributed by atoms with Crippen LogP contribution in [0, 0.1) is 5.82 Å². The number of primary amides is 1. The van der Waals surface area contributed by atoms with E-state index in [1.165, 1.54) is 12.1 Å². The number of nitrogens with two attached hydrogens (primary N) is 1. The average Bonchev–Trinajstić information content (AvgIpc) is 2.58. The molecule has 0 radical (unpaired) electrons. The molecule has 3 rings (SSSR count). The molecular formula is C18H14FN3O2. The number of nitrogens with zero attached hydrogens (tertiary/aromatic N) is 2. The summed E-state index contributed by atoms with van der Waals surface area (Å²) < 4.78 is 18.5. The number of carbonyl (C=O) groups excluding carboxylic acids is 1. The molecule has 0 aliphatic rings. The van der Waals surface area contributed by atoms with Gasteiger partial charge in [-0.25, -0.2) is 14.4 Å². The van der Waals surface area contributed by atoms with Crippen LogP contribution in [0.2, 0.25) is 0 Å². The molecular weight excluding hydrogens is 309 g/mol. The van der Waals surface area contributed by atoms with E-state index in [1.807, 2.05) is 0 Å². The zero-order valence-electron chi connectivity index (χ0n) is 12.6. The Morgan fingerprint density at radius 2 is 1.58 bits per heavy atom. The van der Waals surface area contributed by atoms with Gasteiger partial charge in [0.15, 0.2) is 0 Å². The summed E-state index contributed by atoms with van der Waals surface area (Å²) in [5.74, 6) is -0.124. The van der Waals surface area contributed by atoms with E-state index >= 15 is 0 Å². The normalized spacial score (nSPS) is 10.4. The van der Waals surface area contributed by atoms with Crippen molar-refractivity contribution in [3.8, 4) is 22.9 Å². The van der Waals surface area contributed by atoms with Crippen LogP contribution in [0.15, 0.2) is 60.9 Å². The summed E-state index contributed by atoms with van der Waals surface area (Å²) in [5.41, 5.74) is 7.53. The molecule has 0 unspecified atom stereocenters. The van der Waals surface area contributed by atoms with Crippen molar-refractivity contribution >= 4 is 5.91 Å². The SMILES string of the molecule is NC(=O)Cc1ccc(Oc2ncc(-c3ccc(F)cc3)cn2)cc1. The van der Waals surface area contributed by atoms with Crippen molar-refractivity contribution in [3.05, 3.63) is 72.3 Å². The summed E-state index contributed by atoms with van der Waals surface area (Å²) in [6.45, 7) is 0. The molecule has 5 nitrogen and oxygen atoms in total. The fourth-order valence-corrected chi connectivity index (χ4v) is 2.14. The van der Waals surface area contributed by atoms with Crippen LogP contribution in [0.25, 0.3) is 11.1 Å². The Bertz CT molecular complexity index is 832. The lowest BCUT2D eigenvalue weighted by atomic mass is 10.1. The van der Waals surface area contributed by atoms with Gasteiger partial charge in [-0.05, 0) is 35.4 Å². The smallest absolute Gasteiger partial charge is 0.321 e. The van der Waals surface area contributed by atoms with Crippen molar-refractivity contribution in [1.29, 1.82) is 0 Å². The number of hydrogen-bond donors (Lipinski definition) is 1. The first-order valence-electron chi connectivity index (χ1n) is 7.23. The third-order valence-corrected chi connectivity index (χ3v) is 3.32. The van der Waals surface area contributed by atoms with Crippen LogP contribution in [0.5, 0.6) is 11.8 Å². The molecule has 0 spiro atoms. The molecule has 6 heteroatoms. The van der Waals surface area contributed by atoms with E-state index in [9.17, 15) is 9.18 Å². The van der Waals surface area contributed by atoms with E-state index in [0.29, 0.717) is 5.75 Å². The van der Waals surface area contributed by atoms with Gasteiger partial charge < -0.3 is 10.5 Å². The van der Waals surface area contributed by atoms with Crippen molar-refractivity contribution in [2.45, 2.75) is 6.42 Å². The highest BCUT2D eigenvalue weighted by Crippen LogP contribution is 2.22. The molecule has 1 heterocycles. The number of ether oxygens (including phenoxy) is 1. The van der Waals surface area contributed by atoms with Gasteiger partial charge in [0.05, 0.1) is 6.42 Å². The van der Waals surface area contributed by atoms with Crippen LogP contribution < -0.4 is 10.5 Å². The zero-order chi connectivity index (χ0) is 16.9. The predicted molar refractivity (Wildman–Crippen MR) is 86.8 cm³/mol. The van der Waals surface area contributed by atoms with Crippen LogP contribution >= 0.6 is 0 Å². The van der Waals surface area contributed by atoms with E-state index in [2.05, 4.69) is 9.97 Å². The van der Waals surface area contributed by atoms with Gasteiger partial charge >= 0.3 is 6.01 Å². The van der Waals surface area contributed by atoms with Gasteiger partial charge in [-0.15, -0.1) is 0 Å². The predicted octanol–water partition coefficient (Wildman–Crippen LogP) is 3.10. The second kappa shape index (κ2) is 6.87. The number of aromatic nitrogens is 2. The molecule has 0 aliphatic heterocycles. The topological polar surface area (TPSA) is 78.1 Å². The lowest BCUT2D eigenvalue weighted by Crippen LogP contribution is -2.13. The van der Waals surface area contributed by atoms with E-state index in [4.69, 9.17) is 10.5 Å². The zero-order valence-corrected chi connectivity index (χ0v) is 12.6. The summed E-state index contributed by atoms with van der Waals surface area (Å²) in [6.07, 6.45) is 3.40. The molecule has 3 aromatic rings. The minimum atomic E-state index is -0.386. The monoisotopic (exact) mass is 323 g/mol. The van der Waals surface area contributed by atoms with Crippen molar-refractivity contribution in [2.75, 3.05) is 0 Å². The lowest BCUT2D eigenvalue weighted by molar-refractivity contribution is -0.117. The molecule has 1 aromatic heterocycles. The molecule has 0 bridgehead atoms. The molecule has 2 N–H and O–H groups in total. The molecule has 1 amide bonds. The second-order valence-corrected chi connectivity index (χ2v) is 5.15. The summed E-state index contributed by atoms with van der Waals surface area (Å²) >= 11 is 0. The molecule has 2 aromatic carbocycles. The summed E-state index contributed by atoms with van der Waals surface area (Å²) in [5, 5.41) is 0. The second-order valence-electron chi connectivity index (χ2n) is 5.15. The van der Waals surface area contributed by atoms with Gasteiger partial charge in [-0.2, -0.15) is 0 Å². The van der Waals surface area contributed by atoms with Crippen molar-refractivity contribution in [3.63, 3.8) is 0 Å². The number of benzene rings is 2. The standard InChI is InChI=1S/C18H14FN3O2/c19-15-5-3-13(4-6-15)14-10-21-18(22-11-14)24-16-7-1-12(2-8-16)9-17(20)23/h1-8,10-11H,9H2,(H2,20,23). The van der Waals surface area contributed by atoms with Crippen LogP contribution in [-0.2, 0) is 11.2 Å². The van der Waals surface area contributed by atoms with Gasteiger partial charge in [0, 0.05) is 18.0 Å². The number of hydrogen-bond acceptors (Lipinski definition) is 4. The van der Waals surface area contributed by atoms with Crippen molar-refractivity contribution < 1.29 is 13.9 Å². The molecule has 120 valence electrons. The quantitative estimate of drug-likeness (QED) is 0.782. The molecule has 0 atom stereocenters. The van der Waals surface area contributed by atoms with E-state index in [0.717, 1.165) is 16.7 Å². The van der Waals surface area contributed by atoms with Crippen LogP contribution in [0.4, 0.5) is 4.39 Å². The maximum absolute atomic E-state index is 12.9. The number of carbonyl (C=O) groups is 1. The number of amides is 1. The third kappa shape index (κ3) is 3.92. The number of halogens is 1. The Hall–Kier alpha value is -3.28. The molecule has 0 aliphatic carbocycles.